The van der Waals surface area contributed by atoms with Gasteiger partial charge in [0.05, 0.1) is 11.3 Å². The first-order valence-corrected chi connectivity index (χ1v) is 11.8. The van der Waals surface area contributed by atoms with Gasteiger partial charge in [0.1, 0.15) is 0 Å². The second-order valence-electron chi connectivity index (χ2n) is 9.76. The Hall–Kier alpha value is -2.79. The highest BCUT2D eigenvalue weighted by atomic mass is 16.4. The summed E-state index contributed by atoms with van der Waals surface area (Å²) >= 11 is 0. The third kappa shape index (κ3) is 3.49. The minimum absolute atomic E-state index is 0.315. The van der Waals surface area contributed by atoms with Crippen molar-refractivity contribution in [2.24, 2.45) is 0 Å². The molecule has 0 bridgehead atoms. The molecular formula is C27H33N3O2. The summed E-state index contributed by atoms with van der Waals surface area (Å²) in [7, 11) is 6.47. The Morgan fingerprint density at radius 3 is 2.50 bits per heavy atom. The van der Waals surface area contributed by atoms with E-state index in [0.29, 0.717) is 17.5 Å². The first-order valence-electron chi connectivity index (χ1n) is 11.8. The molecule has 5 rings (SSSR count). The van der Waals surface area contributed by atoms with Crippen molar-refractivity contribution in [3.05, 3.63) is 53.6 Å². The molecule has 0 spiro atoms. The molecule has 3 aromatic rings. The van der Waals surface area contributed by atoms with Crippen LogP contribution in [0.5, 0.6) is 0 Å². The summed E-state index contributed by atoms with van der Waals surface area (Å²) in [6.07, 6.45) is 6.28. The van der Waals surface area contributed by atoms with Crippen LogP contribution in [-0.2, 0) is 6.54 Å². The molecule has 1 aromatic heterocycles. The molecule has 1 aliphatic heterocycles. The number of carboxylic acid groups (broad SMARTS) is 1. The van der Waals surface area contributed by atoms with E-state index in [0.717, 1.165) is 18.6 Å². The zero-order chi connectivity index (χ0) is 22.4. The SMILES string of the molecule is CN1CC(N(C)C)Cn2c(c(C3CCCCC3)c3ccc(C(=O)O)cc32)-c2ccccc21. The molecule has 5 nitrogen and oxygen atoms in total. The van der Waals surface area contributed by atoms with Gasteiger partial charge < -0.3 is 19.5 Å². The van der Waals surface area contributed by atoms with Crippen LogP contribution in [-0.4, -0.2) is 54.3 Å². The lowest BCUT2D eigenvalue weighted by molar-refractivity contribution is 0.0697. The number of carbonyl (C=O) groups is 1. The third-order valence-electron chi connectivity index (χ3n) is 7.54. The fraction of sp³-hybridized carbons (Fsp3) is 0.444. The molecule has 1 aliphatic carbocycles. The molecule has 168 valence electrons. The molecule has 2 heterocycles. The molecule has 2 aromatic carbocycles. The number of likely N-dealkylation sites (N-methyl/N-ethyl adjacent to an activating group) is 2. The van der Waals surface area contributed by atoms with Crippen molar-refractivity contribution in [3.8, 4) is 11.3 Å². The lowest BCUT2D eigenvalue weighted by atomic mass is 9.81. The van der Waals surface area contributed by atoms with Gasteiger partial charge in [-0.15, -0.1) is 0 Å². The normalized spacial score (nSPS) is 19.5. The summed E-state index contributed by atoms with van der Waals surface area (Å²) in [5.74, 6) is -0.342. The van der Waals surface area contributed by atoms with Gasteiger partial charge in [-0.25, -0.2) is 4.79 Å². The number of aromatic carboxylic acids is 1. The Morgan fingerprint density at radius 2 is 1.78 bits per heavy atom. The standard InChI is InChI=1S/C27H33N3O2/c1-28(2)20-16-29(3)23-12-8-7-11-22(23)26-25(18-9-5-4-6-10-18)21-14-13-19(27(31)32)15-24(21)30(26)17-20/h7-8,11-15,18,20H,4-6,9-10,16-17H2,1-3H3,(H,31,32). The summed E-state index contributed by atoms with van der Waals surface area (Å²) in [5.41, 5.74) is 6.66. The van der Waals surface area contributed by atoms with Gasteiger partial charge >= 0.3 is 5.97 Å². The molecule has 1 unspecified atom stereocenters. The van der Waals surface area contributed by atoms with E-state index in [9.17, 15) is 9.90 Å². The quantitative estimate of drug-likeness (QED) is 0.600. The first kappa shape index (κ1) is 21.1. The van der Waals surface area contributed by atoms with Crippen molar-refractivity contribution in [3.63, 3.8) is 0 Å². The van der Waals surface area contributed by atoms with E-state index in [1.54, 1.807) is 6.07 Å². The molecule has 1 atom stereocenters. The van der Waals surface area contributed by atoms with E-state index in [1.807, 2.05) is 6.07 Å². The van der Waals surface area contributed by atoms with E-state index in [4.69, 9.17) is 0 Å². The molecule has 1 saturated carbocycles. The molecule has 2 aliphatic rings. The molecule has 1 fully saturated rings. The highest BCUT2D eigenvalue weighted by Gasteiger charge is 2.31. The number of rotatable bonds is 3. The zero-order valence-corrected chi connectivity index (χ0v) is 19.3. The van der Waals surface area contributed by atoms with Crippen LogP contribution in [0.25, 0.3) is 22.2 Å². The second kappa shape index (κ2) is 8.28. The fourth-order valence-electron chi connectivity index (χ4n) is 5.81. The summed E-state index contributed by atoms with van der Waals surface area (Å²) in [6.45, 7) is 1.76. The van der Waals surface area contributed by atoms with Crippen molar-refractivity contribution in [2.75, 3.05) is 32.6 Å². The highest BCUT2D eigenvalue weighted by molar-refractivity contribution is 5.99. The number of para-hydroxylation sites is 1. The minimum atomic E-state index is -0.864. The van der Waals surface area contributed by atoms with Gasteiger partial charge in [-0.1, -0.05) is 43.5 Å². The number of benzene rings is 2. The van der Waals surface area contributed by atoms with Gasteiger partial charge in [0.25, 0.3) is 0 Å². The van der Waals surface area contributed by atoms with Crippen molar-refractivity contribution in [2.45, 2.75) is 50.6 Å². The highest BCUT2D eigenvalue weighted by Crippen LogP contribution is 2.47. The number of hydrogen-bond donors (Lipinski definition) is 1. The lowest BCUT2D eigenvalue weighted by Crippen LogP contribution is -2.43. The molecule has 0 amide bonds. The first-order chi connectivity index (χ1) is 15.5. The number of aromatic nitrogens is 1. The van der Waals surface area contributed by atoms with Crippen LogP contribution in [0.3, 0.4) is 0 Å². The summed E-state index contributed by atoms with van der Waals surface area (Å²) in [5, 5.41) is 10.9. The number of hydrogen-bond acceptors (Lipinski definition) is 3. The van der Waals surface area contributed by atoms with Crippen molar-refractivity contribution in [1.29, 1.82) is 0 Å². The number of anilines is 1. The number of carboxylic acids is 1. The molecule has 1 N–H and O–H groups in total. The summed E-state index contributed by atoms with van der Waals surface area (Å²) in [4.78, 5) is 16.5. The molecule has 5 heteroatoms. The molecule has 32 heavy (non-hydrogen) atoms. The van der Waals surface area contributed by atoms with Crippen LogP contribution in [0.4, 0.5) is 5.69 Å². The Kier molecular flexibility index (Phi) is 5.46. The smallest absolute Gasteiger partial charge is 0.335 e. The van der Waals surface area contributed by atoms with Crippen LogP contribution in [0.1, 0.15) is 53.9 Å². The lowest BCUT2D eigenvalue weighted by Gasteiger charge is -2.35. The van der Waals surface area contributed by atoms with E-state index in [2.05, 4.69) is 65.8 Å². The van der Waals surface area contributed by atoms with Gasteiger partial charge in [-0.2, -0.15) is 0 Å². The fourth-order valence-corrected chi connectivity index (χ4v) is 5.81. The van der Waals surface area contributed by atoms with Crippen LogP contribution in [0.15, 0.2) is 42.5 Å². The summed E-state index contributed by atoms with van der Waals surface area (Å²) in [6, 6.07) is 14.8. The zero-order valence-electron chi connectivity index (χ0n) is 19.3. The number of fused-ring (bicyclic) bond motifs is 5. The maximum absolute atomic E-state index is 11.8. The minimum Gasteiger partial charge on any atom is -0.478 e. The van der Waals surface area contributed by atoms with Crippen molar-refractivity contribution >= 4 is 22.6 Å². The van der Waals surface area contributed by atoms with Gasteiger partial charge in [0, 0.05) is 48.3 Å². The van der Waals surface area contributed by atoms with Crippen LogP contribution >= 0.6 is 0 Å². The molecule has 0 radical (unpaired) electrons. The molecule has 0 saturated heterocycles. The van der Waals surface area contributed by atoms with E-state index >= 15 is 0 Å². The maximum atomic E-state index is 11.8. The van der Waals surface area contributed by atoms with E-state index < -0.39 is 5.97 Å². The predicted molar refractivity (Wildman–Crippen MR) is 131 cm³/mol. The third-order valence-corrected chi connectivity index (χ3v) is 7.54. The topological polar surface area (TPSA) is 48.7 Å². The Labute approximate surface area is 190 Å². The monoisotopic (exact) mass is 431 g/mol. The summed E-state index contributed by atoms with van der Waals surface area (Å²) < 4.78 is 2.43. The molecular weight excluding hydrogens is 398 g/mol. The Balaban J connectivity index is 1.86. The average molecular weight is 432 g/mol. The van der Waals surface area contributed by atoms with E-state index in [1.165, 1.54) is 60.0 Å². The van der Waals surface area contributed by atoms with E-state index in [-0.39, 0.29) is 0 Å². The second-order valence-corrected chi connectivity index (χ2v) is 9.76. The number of nitrogens with zero attached hydrogens (tertiary/aromatic N) is 3. The average Bonchev–Trinajstić information content (AvgIpc) is 3.10. The Morgan fingerprint density at radius 1 is 1.03 bits per heavy atom. The van der Waals surface area contributed by atoms with Crippen molar-refractivity contribution < 1.29 is 9.90 Å². The predicted octanol–water partition coefficient (Wildman–Crippen LogP) is 5.43. The maximum Gasteiger partial charge on any atom is 0.335 e. The van der Waals surface area contributed by atoms with Crippen molar-refractivity contribution in [1.82, 2.24) is 9.47 Å². The largest absolute Gasteiger partial charge is 0.478 e. The van der Waals surface area contributed by atoms with Crippen LogP contribution in [0.2, 0.25) is 0 Å². The van der Waals surface area contributed by atoms with Crippen LogP contribution < -0.4 is 4.90 Å². The van der Waals surface area contributed by atoms with Gasteiger partial charge in [-0.3, -0.25) is 0 Å². The van der Waals surface area contributed by atoms with Gasteiger partial charge in [-0.05, 0) is 56.6 Å². The van der Waals surface area contributed by atoms with Crippen LogP contribution in [0, 0.1) is 0 Å². The van der Waals surface area contributed by atoms with Gasteiger partial charge in [0.15, 0.2) is 0 Å². The van der Waals surface area contributed by atoms with Gasteiger partial charge in [0.2, 0.25) is 0 Å². The Bertz CT molecular complexity index is 1160.